The molecule has 0 fully saturated rings. The van der Waals surface area contributed by atoms with E-state index in [9.17, 15) is 0 Å². The summed E-state index contributed by atoms with van der Waals surface area (Å²) in [6.45, 7) is 11.3. The van der Waals surface area contributed by atoms with Gasteiger partial charge < -0.3 is 10.1 Å². The summed E-state index contributed by atoms with van der Waals surface area (Å²) in [4.78, 5) is 2.77. The molecule has 1 rings (SSSR count). The Labute approximate surface area is 103 Å². The average Bonchev–Trinajstić information content (AvgIpc) is 2.63. The summed E-state index contributed by atoms with van der Waals surface area (Å²) in [5.41, 5.74) is 0. The normalized spacial score (nSPS) is 13.3. The van der Waals surface area contributed by atoms with Gasteiger partial charge in [-0.2, -0.15) is 0 Å². The molecule has 0 amide bonds. The second-order valence-electron chi connectivity index (χ2n) is 4.51. The van der Waals surface area contributed by atoms with Crippen molar-refractivity contribution in [1.29, 1.82) is 0 Å². The highest BCUT2D eigenvalue weighted by atomic mass is 32.1. The molecule has 0 radical (unpaired) electrons. The molecule has 2 nitrogen and oxygen atoms in total. The van der Waals surface area contributed by atoms with Crippen molar-refractivity contribution in [3.05, 3.63) is 21.9 Å². The zero-order valence-corrected chi connectivity index (χ0v) is 11.6. The van der Waals surface area contributed by atoms with Crippen molar-refractivity contribution >= 4 is 11.3 Å². The second kappa shape index (κ2) is 7.05. The quantitative estimate of drug-likeness (QED) is 0.740. The monoisotopic (exact) mass is 241 g/mol. The Balaban J connectivity index is 2.04. The van der Waals surface area contributed by atoms with Crippen LogP contribution in [0.3, 0.4) is 0 Å². The molecule has 1 heterocycles. The minimum atomic E-state index is 0.353. The molecule has 1 aromatic heterocycles. The fraction of sp³-hybridized carbons (Fsp3) is 0.692. The summed E-state index contributed by atoms with van der Waals surface area (Å²) in [6.07, 6.45) is 0.353. The first-order valence-electron chi connectivity index (χ1n) is 5.97. The number of thiophene rings is 1. The minimum Gasteiger partial charge on any atom is -0.377 e. The highest BCUT2D eigenvalue weighted by molar-refractivity contribution is 7.11. The summed E-state index contributed by atoms with van der Waals surface area (Å²) < 4.78 is 5.69. The number of nitrogens with one attached hydrogen (secondary N) is 1. The van der Waals surface area contributed by atoms with Crippen LogP contribution >= 0.6 is 11.3 Å². The summed E-state index contributed by atoms with van der Waals surface area (Å²) >= 11 is 1.85. The maximum Gasteiger partial charge on any atom is 0.0594 e. The number of ether oxygens (including phenoxy) is 1. The van der Waals surface area contributed by atoms with Crippen molar-refractivity contribution in [2.75, 3.05) is 13.2 Å². The van der Waals surface area contributed by atoms with E-state index in [1.54, 1.807) is 0 Å². The molecule has 0 saturated carbocycles. The smallest absolute Gasteiger partial charge is 0.0594 e. The molecular weight excluding hydrogens is 218 g/mol. The SMILES string of the molecule is Cc1ccc(CNCCOC(C)C(C)C)s1. The lowest BCUT2D eigenvalue weighted by Crippen LogP contribution is -2.23. The van der Waals surface area contributed by atoms with Crippen molar-refractivity contribution in [3.63, 3.8) is 0 Å². The Morgan fingerprint density at radius 2 is 2.06 bits per heavy atom. The zero-order valence-electron chi connectivity index (χ0n) is 10.7. The van der Waals surface area contributed by atoms with Gasteiger partial charge in [-0.25, -0.2) is 0 Å². The van der Waals surface area contributed by atoms with E-state index >= 15 is 0 Å². The average molecular weight is 241 g/mol. The van der Waals surface area contributed by atoms with E-state index in [-0.39, 0.29) is 0 Å². The van der Waals surface area contributed by atoms with Crippen LogP contribution < -0.4 is 5.32 Å². The van der Waals surface area contributed by atoms with Crippen molar-refractivity contribution in [2.24, 2.45) is 5.92 Å². The Morgan fingerprint density at radius 1 is 1.31 bits per heavy atom. The zero-order chi connectivity index (χ0) is 12.0. The Morgan fingerprint density at radius 3 is 2.62 bits per heavy atom. The van der Waals surface area contributed by atoms with Crippen LogP contribution in [0.1, 0.15) is 30.5 Å². The first kappa shape index (κ1) is 13.7. The molecule has 3 heteroatoms. The van der Waals surface area contributed by atoms with E-state index in [2.05, 4.69) is 45.1 Å². The van der Waals surface area contributed by atoms with E-state index in [1.807, 2.05) is 11.3 Å². The van der Waals surface area contributed by atoms with E-state index in [4.69, 9.17) is 4.74 Å². The maximum absolute atomic E-state index is 5.69. The number of rotatable bonds is 7. The lowest BCUT2D eigenvalue weighted by Gasteiger charge is -2.16. The van der Waals surface area contributed by atoms with Crippen LogP contribution in [0, 0.1) is 12.8 Å². The van der Waals surface area contributed by atoms with Gasteiger partial charge in [0.25, 0.3) is 0 Å². The second-order valence-corrected chi connectivity index (χ2v) is 5.88. The van der Waals surface area contributed by atoms with Crippen LogP contribution in [0.4, 0.5) is 0 Å². The lowest BCUT2D eigenvalue weighted by atomic mass is 10.1. The molecule has 92 valence electrons. The Hall–Kier alpha value is -0.380. The van der Waals surface area contributed by atoms with Gasteiger partial charge in [-0.1, -0.05) is 13.8 Å². The molecule has 0 bridgehead atoms. The minimum absolute atomic E-state index is 0.353. The van der Waals surface area contributed by atoms with Gasteiger partial charge in [0.15, 0.2) is 0 Å². The largest absolute Gasteiger partial charge is 0.377 e. The molecule has 16 heavy (non-hydrogen) atoms. The topological polar surface area (TPSA) is 21.3 Å². The maximum atomic E-state index is 5.69. The van der Waals surface area contributed by atoms with Crippen molar-refractivity contribution in [3.8, 4) is 0 Å². The van der Waals surface area contributed by atoms with Crippen molar-refractivity contribution < 1.29 is 4.74 Å². The third kappa shape index (κ3) is 5.10. The van der Waals surface area contributed by atoms with Crippen molar-refractivity contribution in [1.82, 2.24) is 5.32 Å². The van der Waals surface area contributed by atoms with Gasteiger partial charge in [0.2, 0.25) is 0 Å². The van der Waals surface area contributed by atoms with Gasteiger partial charge in [-0.05, 0) is 31.9 Å². The van der Waals surface area contributed by atoms with Crippen LogP contribution in [0.2, 0.25) is 0 Å². The molecule has 0 aliphatic heterocycles. The molecule has 0 spiro atoms. The van der Waals surface area contributed by atoms with Gasteiger partial charge in [-0.3, -0.25) is 0 Å². The molecule has 0 aromatic carbocycles. The predicted octanol–water partition coefficient (Wildman–Crippen LogP) is 3.21. The predicted molar refractivity (Wildman–Crippen MR) is 71.0 cm³/mol. The Bertz CT molecular complexity index is 296. The van der Waals surface area contributed by atoms with Gasteiger partial charge in [-0.15, -0.1) is 11.3 Å². The molecule has 1 atom stereocenters. The molecule has 0 saturated heterocycles. The highest BCUT2D eigenvalue weighted by Gasteiger charge is 2.05. The fourth-order valence-electron chi connectivity index (χ4n) is 1.30. The van der Waals surface area contributed by atoms with Crippen LogP contribution in [0.5, 0.6) is 0 Å². The number of hydrogen-bond acceptors (Lipinski definition) is 3. The summed E-state index contributed by atoms with van der Waals surface area (Å²) in [7, 11) is 0. The summed E-state index contributed by atoms with van der Waals surface area (Å²) in [6, 6.07) is 4.35. The van der Waals surface area contributed by atoms with Gasteiger partial charge in [0.05, 0.1) is 12.7 Å². The van der Waals surface area contributed by atoms with E-state index < -0.39 is 0 Å². The number of aryl methyl sites for hydroxylation is 1. The van der Waals surface area contributed by atoms with Gasteiger partial charge >= 0.3 is 0 Å². The number of hydrogen-bond donors (Lipinski definition) is 1. The fourth-order valence-corrected chi connectivity index (χ4v) is 2.16. The van der Waals surface area contributed by atoms with Crippen LogP contribution in [0.15, 0.2) is 12.1 Å². The van der Waals surface area contributed by atoms with Gasteiger partial charge in [0.1, 0.15) is 0 Å². The summed E-state index contributed by atoms with van der Waals surface area (Å²) in [5.74, 6) is 0.597. The van der Waals surface area contributed by atoms with Crippen LogP contribution in [-0.4, -0.2) is 19.3 Å². The molecule has 1 aromatic rings. The van der Waals surface area contributed by atoms with E-state index in [0.717, 1.165) is 19.7 Å². The molecule has 1 unspecified atom stereocenters. The summed E-state index contributed by atoms with van der Waals surface area (Å²) in [5, 5.41) is 3.39. The highest BCUT2D eigenvalue weighted by Crippen LogP contribution is 2.14. The molecule has 0 aliphatic carbocycles. The first-order valence-corrected chi connectivity index (χ1v) is 6.79. The lowest BCUT2D eigenvalue weighted by molar-refractivity contribution is 0.0373. The third-order valence-corrected chi connectivity index (χ3v) is 3.69. The third-order valence-electron chi connectivity index (χ3n) is 2.69. The first-order chi connectivity index (χ1) is 7.59. The molecular formula is C13H23NOS. The van der Waals surface area contributed by atoms with E-state index in [0.29, 0.717) is 12.0 Å². The standard InChI is InChI=1S/C13H23NOS/c1-10(2)12(4)15-8-7-14-9-13-6-5-11(3)16-13/h5-6,10,12,14H,7-9H2,1-4H3. The molecule has 0 aliphatic rings. The van der Waals surface area contributed by atoms with Crippen molar-refractivity contribution in [2.45, 2.75) is 40.3 Å². The van der Waals surface area contributed by atoms with Crippen LogP contribution in [0.25, 0.3) is 0 Å². The molecule has 1 N–H and O–H groups in total. The van der Waals surface area contributed by atoms with Crippen LogP contribution in [-0.2, 0) is 11.3 Å². The van der Waals surface area contributed by atoms with Gasteiger partial charge in [0, 0.05) is 22.8 Å². The Kier molecular flexibility index (Phi) is 6.03. The van der Waals surface area contributed by atoms with E-state index in [1.165, 1.54) is 9.75 Å².